The summed E-state index contributed by atoms with van der Waals surface area (Å²) < 4.78 is 5.69. The van der Waals surface area contributed by atoms with E-state index in [9.17, 15) is 5.11 Å². The molecule has 0 aromatic heterocycles. The summed E-state index contributed by atoms with van der Waals surface area (Å²) in [6.07, 6.45) is 4.01. The van der Waals surface area contributed by atoms with Gasteiger partial charge in [-0.15, -0.1) is 0 Å². The molecule has 2 aliphatic rings. The van der Waals surface area contributed by atoms with Gasteiger partial charge in [0.15, 0.2) is 0 Å². The maximum Gasteiger partial charge on any atom is 0.0704 e. The SMILES string of the molecule is CC1CN(CC2CCCCO2)CC1O. The van der Waals surface area contributed by atoms with E-state index in [0.29, 0.717) is 12.0 Å². The zero-order valence-electron chi connectivity index (χ0n) is 8.98. The van der Waals surface area contributed by atoms with Crippen LogP contribution in [0.15, 0.2) is 0 Å². The maximum atomic E-state index is 9.62. The van der Waals surface area contributed by atoms with Crippen LogP contribution in [-0.2, 0) is 4.74 Å². The van der Waals surface area contributed by atoms with Crippen LogP contribution in [0.2, 0.25) is 0 Å². The molecule has 2 rings (SSSR count). The quantitative estimate of drug-likeness (QED) is 0.716. The summed E-state index contributed by atoms with van der Waals surface area (Å²) in [5.41, 5.74) is 0. The lowest BCUT2D eigenvalue weighted by molar-refractivity contribution is -0.00355. The molecule has 3 unspecified atom stereocenters. The number of rotatable bonds is 2. The van der Waals surface area contributed by atoms with Gasteiger partial charge in [0.2, 0.25) is 0 Å². The zero-order chi connectivity index (χ0) is 9.97. The predicted molar refractivity (Wildman–Crippen MR) is 55.2 cm³/mol. The highest BCUT2D eigenvalue weighted by Gasteiger charge is 2.29. The Bertz CT molecular complexity index is 170. The third-order valence-electron chi connectivity index (χ3n) is 3.38. The van der Waals surface area contributed by atoms with Crippen LogP contribution in [0.4, 0.5) is 0 Å². The largest absolute Gasteiger partial charge is 0.391 e. The second-order valence-electron chi connectivity index (χ2n) is 4.75. The van der Waals surface area contributed by atoms with Gasteiger partial charge < -0.3 is 9.84 Å². The fourth-order valence-electron chi connectivity index (χ4n) is 2.44. The predicted octanol–water partition coefficient (Wildman–Crippen LogP) is 0.868. The van der Waals surface area contributed by atoms with Gasteiger partial charge in [-0.25, -0.2) is 0 Å². The summed E-state index contributed by atoms with van der Waals surface area (Å²) in [7, 11) is 0. The standard InChI is InChI=1S/C11H21NO2/c1-9-6-12(8-11(9)13)7-10-4-2-3-5-14-10/h9-11,13H,2-8H2,1H3. The van der Waals surface area contributed by atoms with Crippen molar-refractivity contribution in [3.05, 3.63) is 0 Å². The maximum absolute atomic E-state index is 9.62. The number of hydrogen-bond donors (Lipinski definition) is 1. The lowest BCUT2D eigenvalue weighted by Crippen LogP contribution is -2.34. The fraction of sp³-hybridized carbons (Fsp3) is 1.00. The number of nitrogens with zero attached hydrogens (tertiary/aromatic N) is 1. The van der Waals surface area contributed by atoms with Crippen molar-refractivity contribution < 1.29 is 9.84 Å². The van der Waals surface area contributed by atoms with Crippen LogP contribution in [0.5, 0.6) is 0 Å². The van der Waals surface area contributed by atoms with Crippen molar-refractivity contribution in [2.75, 3.05) is 26.2 Å². The first-order valence-corrected chi connectivity index (χ1v) is 5.77. The van der Waals surface area contributed by atoms with Crippen LogP contribution in [0.3, 0.4) is 0 Å². The molecule has 0 aliphatic carbocycles. The number of aliphatic hydroxyl groups is 1. The minimum atomic E-state index is -0.126. The van der Waals surface area contributed by atoms with Gasteiger partial charge in [-0.05, 0) is 25.2 Å². The lowest BCUT2D eigenvalue weighted by Gasteiger charge is -2.27. The van der Waals surface area contributed by atoms with Crippen LogP contribution in [0.25, 0.3) is 0 Å². The molecule has 0 spiro atoms. The molecule has 0 aromatic carbocycles. The van der Waals surface area contributed by atoms with Crippen LogP contribution in [0, 0.1) is 5.92 Å². The minimum Gasteiger partial charge on any atom is -0.391 e. The van der Waals surface area contributed by atoms with E-state index in [4.69, 9.17) is 4.74 Å². The Hall–Kier alpha value is -0.120. The number of ether oxygens (including phenoxy) is 1. The first-order valence-electron chi connectivity index (χ1n) is 5.77. The van der Waals surface area contributed by atoms with Gasteiger partial charge in [-0.1, -0.05) is 6.92 Å². The average Bonchev–Trinajstić information content (AvgIpc) is 2.47. The molecule has 2 heterocycles. The molecule has 2 aliphatic heterocycles. The number of hydrogen-bond acceptors (Lipinski definition) is 3. The molecular formula is C11H21NO2. The van der Waals surface area contributed by atoms with Gasteiger partial charge in [-0.3, -0.25) is 4.90 Å². The molecule has 0 radical (unpaired) electrons. The smallest absolute Gasteiger partial charge is 0.0704 e. The Kier molecular flexibility index (Phi) is 3.42. The minimum absolute atomic E-state index is 0.126. The van der Waals surface area contributed by atoms with Crippen LogP contribution < -0.4 is 0 Å². The molecule has 0 amide bonds. The fourth-order valence-corrected chi connectivity index (χ4v) is 2.44. The molecule has 3 nitrogen and oxygen atoms in total. The summed E-state index contributed by atoms with van der Waals surface area (Å²) in [5, 5.41) is 9.62. The summed E-state index contributed by atoms with van der Waals surface area (Å²) in [5.74, 6) is 0.429. The van der Waals surface area contributed by atoms with E-state index >= 15 is 0 Å². The van der Waals surface area contributed by atoms with Gasteiger partial charge >= 0.3 is 0 Å². The highest BCUT2D eigenvalue weighted by Crippen LogP contribution is 2.19. The molecule has 0 saturated carbocycles. The van der Waals surface area contributed by atoms with E-state index in [1.165, 1.54) is 19.3 Å². The van der Waals surface area contributed by atoms with Gasteiger partial charge in [0, 0.05) is 26.2 Å². The van der Waals surface area contributed by atoms with Crippen LogP contribution >= 0.6 is 0 Å². The van der Waals surface area contributed by atoms with E-state index in [1.54, 1.807) is 0 Å². The Labute approximate surface area is 86.0 Å². The molecule has 2 fully saturated rings. The van der Waals surface area contributed by atoms with E-state index < -0.39 is 0 Å². The van der Waals surface area contributed by atoms with E-state index in [2.05, 4.69) is 11.8 Å². The highest BCUT2D eigenvalue weighted by molar-refractivity contribution is 4.82. The molecule has 3 heteroatoms. The topological polar surface area (TPSA) is 32.7 Å². The van der Waals surface area contributed by atoms with Crippen molar-refractivity contribution >= 4 is 0 Å². The second-order valence-corrected chi connectivity index (χ2v) is 4.75. The van der Waals surface area contributed by atoms with Crippen molar-refractivity contribution in [3.8, 4) is 0 Å². The number of likely N-dealkylation sites (tertiary alicyclic amines) is 1. The Morgan fingerprint density at radius 3 is 2.79 bits per heavy atom. The van der Waals surface area contributed by atoms with Gasteiger partial charge in [-0.2, -0.15) is 0 Å². The third kappa shape index (κ3) is 2.47. The second kappa shape index (κ2) is 4.60. The molecule has 2 saturated heterocycles. The number of β-amino-alcohol motifs (C(OH)–C–C–N with tert-alkyl or cyclic N) is 1. The van der Waals surface area contributed by atoms with Crippen LogP contribution in [-0.4, -0.2) is 48.5 Å². The third-order valence-corrected chi connectivity index (χ3v) is 3.38. The lowest BCUT2D eigenvalue weighted by atomic mass is 10.1. The Morgan fingerprint density at radius 1 is 1.36 bits per heavy atom. The molecule has 14 heavy (non-hydrogen) atoms. The van der Waals surface area contributed by atoms with Crippen molar-refractivity contribution in [1.29, 1.82) is 0 Å². The van der Waals surface area contributed by atoms with Crippen molar-refractivity contribution in [1.82, 2.24) is 4.90 Å². The summed E-state index contributed by atoms with van der Waals surface area (Å²) in [6, 6.07) is 0. The van der Waals surface area contributed by atoms with Gasteiger partial charge in [0.1, 0.15) is 0 Å². The summed E-state index contributed by atoms with van der Waals surface area (Å²) in [6.45, 7) is 5.92. The number of aliphatic hydroxyl groups excluding tert-OH is 1. The van der Waals surface area contributed by atoms with Crippen molar-refractivity contribution in [2.24, 2.45) is 5.92 Å². The molecule has 0 bridgehead atoms. The monoisotopic (exact) mass is 199 g/mol. The molecule has 82 valence electrons. The van der Waals surface area contributed by atoms with E-state index in [1.807, 2.05) is 0 Å². The van der Waals surface area contributed by atoms with Gasteiger partial charge in [0.25, 0.3) is 0 Å². The highest BCUT2D eigenvalue weighted by atomic mass is 16.5. The van der Waals surface area contributed by atoms with Crippen molar-refractivity contribution in [2.45, 2.75) is 38.4 Å². The van der Waals surface area contributed by atoms with Gasteiger partial charge in [0.05, 0.1) is 12.2 Å². The van der Waals surface area contributed by atoms with Crippen LogP contribution in [0.1, 0.15) is 26.2 Å². The molecule has 3 atom stereocenters. The zero-order valence-corrected chi connectivity index (χ0v) is 8.98. The van der Waals surface area contributed by atoms with E-state index in [-0.39, 0.29) is 6.10 Å². The molecule has 0 aromatic rings. The summed E-state index contributed by atoms with van der Waals surface area (Å²) in [4.78, 5) is 2.34. The average molecular weight is 199 g/mol. The van der Waals surface area contributed by atoms with E-state index in [0.717, 1.165) is 26.2 Å². The first kappa shape index (κ1) is 10.4. The molecular weight excluding hydrogens is 178 g/mol. The normalized spacial score (nSPS) is 40.3. The molecule has 1 N–H and O–H groups in total. The van der Waals surface area contributed by atoms with Crippen molar-refractivity contribution in [3.63, 3.8) is 0 Å². The Balaban J connectivity index is 1.74. The Morgan fingerprint density at radius 2 is 2.21 bits per heavy atom. The summed E-state index contributed by atoms with van der Waals surface area (Å²) >= 11 is 0. The first-order chi connectivity index (χ1) is 6.75.